The average Bonchev–Trinajstić information content (AvgIpc) is 2.88. The summed E-state index contributed by atoms with van der Waals surface area (Å²) in [6.07, 6.45) is 1.44. The van der Waals surface area contributed by atoms with Gasteiger partial charge in [-0.2, -0.15) is 0 Å². The van der Waals surface area contributed by atoms with Gasteiger partial charge in [0, 0.05) is 5.56 Å². The second kappa shape index (κ2) is 5.70. The molecule has 0 spiro atoms. The van der Waals surface area contributed by atoms with Crippen LogP contribution in [0.2, 0.25) is 0 Å². The lowest BCUT2D eigenvalue weighted by Gasteiger charge is -1.99. The summed E-state index contributed by atoms with van der Waals surface area (Å²) in [5, 5.41) is 5.63. The Bertz CT molecular complexity index is 720. The lowest BCUT2D eigenvalue weighted by molar-refractivity contribution is 0.0532. The molecule has 0 aliphatic rings. The first-order valence-corrected chi connectivity index (χ1v) is 8.04. The molecule has 1 aromatic heterocycles. The highest BCUT2D eigenvalue weighted by molar-refractivity contribution is 7.89. The first-order chi connectivity index (χ1) is 9.41. The third-order valence-electron chi connectivity index (χ3n) is 2.41. The van der Waals surface area contributed by atoms with Gasteiger partial charge in [-0.15, -0.1) is 11.3 Å². The van der Waals surface area contributed by atoms with E-state index >= 15 is 0 Å². The van der Waals surface area contributed by atoms with Crippen molar-refractivity contribution < 1.29 is 17.9 Å². The van der Waals surface area contributed by atoms with E-state index in [0.29, 0.717) is 22.1 Å². The van der Waals surface area contributed by atoms with Gasteiger partial charge >= 0.3 is 5.97 Å². The van der Waals surface area contributed by atoms with Crippen molar-refractivity contribution in [2.24, 2.45) is 5.14 Å². The Morgan fingerprint density at radius 1 is 1.35 bits per heavy atom. The smallest absolute Gasteiger partial charge is 0.349 e. The fraction of sp³-hybridized carbons (Fsp3) is 0.167. The molecule has 2 rings (SSSR count). The Hall–Kier alpha value is -1.77. The van der Waals surface area contributed by atoms with Crippen LogP contribution in [-0.2, 0) is 14.8 Å². The van der Waals surface area contributed by atoms with Crippen LogP contribution in [0, 0.1) is 0 Å². The zero-order chi connectivity index (χ0) is 14.8. The number of esters is 1. The molecule has 1 heterocycles. The summed E-state index contributed by atoms with van der Waals surface area (Å²) in [7, 11) is -3.71. The molecule has 2 aromatic rings. The number of rotatable bonds is 4. The number of carbonyl (C=O) groups excluding carboxylic acids is 1. The molecule has 106 valence electrons. The molecule has 0 amide bonds. The van der Waals surface area contributed by atoms with Crippen molar-refractivity contribution in [2.75, 3.05) is 6.61 Å². The molecule has 0 saturated carbocycles. The molecule has 0 saturated heterocycles. The molecule has 2 N–H and O–H groups in total. The molecule has 0 aliphatic heterocycles. The summed E-state index contributed by atoms with van der Waals surface area (Å²) in [6, 6.07) is 5.98. The van der Waals surface area contributed by atoms with Crippen molar-refractivity contribution in [1.82, 2.24) is 4.98 Å². The van der Waals surface area contributed by atoms with Gasteiger partial charge in [0.2, 0.25) is 10.0 Å². The second-order valence-electron chi connectivity index (χ2n) is 3.82. The van der Waals surface area contributed by atoms with Crippen molar-refractivity contribution in [3.05, 3.63) is 35.3 Å². The number of ether oxygens (including phenoxy) is 1. The predicted octanol–water partition coefficient (Wildman–Crippen LogP) is 1.63. The van der Waals surface area contributed by atoms with E-state index in [4.69, 9.17) is 9.88 Å². The van der Waals surface area contributed by atoms with Crippen LogP contribution in [-0.4, -0.2) is 26.0 Å². The minimum Gasteiger partial charge on any atom is -0.462 e. The van der Waals surface area contributed by atoms with Gasteiger partial charge in [-0.05, 0) is 19.1 Å². The largest absolute Gasteiger partial charge is 0.462 e. The van der Waals surface area contributed by atoms with E-state index in [1.165, 1.54) is 29.7 Å². The average molecular weight is 312 g/mol. The normalized spacial score (nSPS) is 11.3. The molecule has 0 atom stereocenters. The molecule has 8 heteroatoms. The summed E-state index contributed by atoms with van der Waals surface area (Å²) in [4.78, 5) is 16.1. The lowest BCUT2D eigenvalue weighted by Crippen LogP contribution is -2.11. The Morgan fingerprint density at radius 2 is 2.00 bits per heavy atom. The number of nitrogens with two attached hydrogens (primary N) is 1. The van der Waals surface area contributed by atoms with Crippen LogP contribution in [0.5, 0.6) is 0 Å². The van der Waals surface area contributed by atoms with E-state index < -0.39 is 16.0 Å². The highest BCUT2D eigenvalue weighted by Crippen LogP contribution is 2.26. The number of hydrogen-bond acceptors (Lipinski definition) is 6. The van der Waals surface area contributed by atoms with Gasteiger partial charge in [-0.1, -0.05) is 12.1 Å². The van der Waals surface area contributed by atoms with E-state index in [0.717, 1.165) is 0 Å². The van der Waals surface area contributed by atoms with Gasteiger partial charge in [-0.25, -0.2) is 23.3 Å². The summed E-state index contributed by atoms with van der Waals surface area (Å²) >= 11 is 1.18. The summed E-state index contributed by atoms with van der Waals surface area (Å²) < 4.78 is 27.2. The number of nitrogens with zero attached hydrogens (tertiary/aromatic N) is 1. The van der Waals surface area contributed by atoms with Gasteiger partial charge in [-0.3, -0.25) is 0 Å². The molecule has 0 bridgehead atoms. The van der Waals surface area contributed by atoms with E-state index in [2.05, 4.69) is 4.98 Å². The Balaban J connectivity index is 2.27. The van der Waals surface area contributed by atoms with Crippen LogP contribution in [0.4, 0.5) is 0 Å². The number of hydrogen-bond donors (Lipinski definition) is 1. The molecule has 0 fully saturated rings. The quantitative estimate of drug-likeness (QED) is 0.865. The van der Waals surface area contributed by atoms with E-state index in [1.807, 2.05) is 0 Å². The van der Waals surface area contributed by atoms with E-state index in [9.17, 15) is 13.2 Å². The maximum atomic E-state index is 11.5. The van der Waals surface area contributed by atoms with Gasteiger partial charge < -0.3 is 4.74 Å². The highest BCUT2D eigenvalue weighted by atomic mass is 32.2. The number of carbonyl (C=O) groups is 1. The summed E-state index contributed by atoms with van der Waals surface area (Å²) in [6.45, 7) is 2.03. The van der Waals surface area contributed by atoms with Crippen molar-refractivity contribution in [2.45, 2.75) is 11.8 Å². The molecule has 0 aliphatic carbocycles. The van der Waals surface area contributed by atoms with Crippen molar-refractivity contribution in [1.29, 1.82) is 0 Å². The van der Waals surface area contributed by atoms with Gasteiger partial charge in [0.15, 0.2) is 0 Å². The third kappa shape index (κ3) is 3.21. The maximum Gasteiger partial charge on any atom is 0.349 e. The van der Waals surface area contributed by atoms with Crippen molar-refractivity contribution in [3.63, 3.8) is 0 Å². The van der Waals surface area contributed by atoms with Crippen LogP contribution >= 0.6 is 11.3 Å². The second-order valence-corrected chi connectivity index (χ2v) is 6.41. The standard InChI is InChI=1S/C12H12N2O4S2/c1-2-18-12(15)10-7-14-11(19-10)8-3-5-9(6-4-8)20(13,16)17/h3-7H,2H2,1H3,(H2,13,16,17). The fourth-order valence-electron chi connectivity index (χ4n) is 1.49. The summed E-state index contributed by atoms with van der Waals surface area (Å²) in [5.74, 6) is -0.419. The molecular formula is C12H12N2O4S2. The fourth-order valence-corrected chi connectivity index (χ4v) is 2.82. The van der Waals surface area contributed by atoms with Crippen LogP contribution in [0.25, 0.3) is 10.6 Å². The highest BCUT2D eigenvalue weighted by Gasteiger charge is 2.13. The van der Waals surface area contributed by atoms with E-state index in [1.54, 1.807) is 19.1 Å². The molecular weight excluding hydrogens is 300 g/mol. The first kappa shape index (κ1) is 14.6. The number of thiazole rings is 1. The maximum absolute atomic E-state index is 11.5. The lowest BCUT2D eigenvalue weighted by atomic mass is 10.2. The minimum atomic E-state index is -3.71. The molecule has 6 nitrogen and oxygen atoms in total. The van der Waals surface area contributed by atoms with Crippen LogP contribution in [0.3, 0.4) is 0 Å². The zero-order valence-electron chi connectivity index (χ0n) is 10.6. The first-order valence-electron chi connectivity index (χ1n) is 5.68. The van der Waals surface area contributed by atoms with Gasteiger partial charge in [0.25, 0.3) is 0 Å². The Morgan fingerprint density at radius 3 is 2.55 bits per heavy atom. The van der Waals surface area contributed by atoms with Crippen molar-refractivity contribution >= 4 is 27.3 Å². The molecule has 0 radical (unpaired) electrons. The van der Waals surface area contributed by atoms with Crippen LogP contribution in [0.1, 0.15) is 16.6 Å². The topological polar surface area (TPSA) is 99.3 Å². The van der Waals surface area contributed by atoms with Crippen LogP contribution < -0.4 is 5.14 Å². The zero-order valence-corrected chi connectivity index (χ0v) is 12.2. The third-order valence-corrected chi connectivity index (χ3v) is 4.37. The Labute approximate surface area is 120 Å². The predicted molar refractivity (Wildman–Crippen MR) is 74.9 cm³/mol. The summed E-state index contributed by atoms with van der Waals surface area (Å²) in [5.41, 5.74) is 0.706. The van der Waals surface area contributed by atoms with Crippen LogP contribution in [0.15, 0.2) is 35.4 Å². The number of sulfonamides is 1. The van der Waals surface area contributed by atoms with Gasteiger partial charge in [0.1, 0.15) is 9.88 Å². The van der Waals surface area contributed by atoms with Gasteiger partial charge in [0.05, 0.1) is 17.7 Å². The van der Waals surface area contributed by atoms with E-state index in [-0.39, 0.29) is 4.90 Å². The SMILES string of the molecule is CCOC(=O)c1cnc(-c2ccc(S(N)(=O)=O)cc2)s1. The number of primary sulfonamides is 1. The molecule has 0 unspecified atom stereocenters. The number of benzene rings is 1. The monoisotopic (exact) mass is 312 g/mol. The minimum absolute atomic E-state index is 0.0309. The molecule has 20 heavy (non-hydrogen) atoms. The van der Waals surface area contributed by atoms with Crippen molar-refractivity contribution in [3.8, 4) is 10.6 Å². The number of aromatic nitrogens is 1. The Kier molecular flexibility index (Phi) is 4.17. The molecule has 1 aromatic carbocycles.